The molecule has 0 radical (unpaired) electrons. The Morgan fingerprint density at radius 1 is 1.37 bits per heavy atom. The Morgan fingerprint density at radius 2 is 2.00 bits per heavy atom. The molecule has 1 N–H and O–H groups in total. The van der Waals surface area contributed by atoms with Crippen LogP contribution in [0.5, 0.6) is 0 Å². The van der Waals surface area contributed by atoms with Crippen LogP contribution in [-0.4, -0.2) is 68.7 Å². The summed E-state index contributed by atoms with van der Waals surface area (Å²) in [5.41, 5.74) is -0.189. The molecule has 0 unspecified atom stereocenters. The van der Waals surface area contributed by atoms with E-state index in [0.717, 1.165) is 13.1 Å². The van der Waals surface area contributed by atoms with E-state index in [0.29, 0.717) is 25.3 Å². The van der Waals surface area contributed by atoms with Crippen molar-refractivity contribution >= 4 is 5.91 Å². The first kappa shape index (κ1) is 14.0. The number of amides is 1. The van der Waals surface area contributed by atoms with Crippen molar-refractivity contribution in [1.29, 1.82) is 0 Å². The first-order valence-corrected chi connectivity index (χ1v) is 6.57. The van der Waals surface area contributed by atoms with Gasteiger partial charge in [-0.05, 0) is 13.8 Å². The van der Waals surface area contributed by atoms with E-state index in [9.17, 15) is 9.90 Å². The van der Waals surface area contributed by atoms with Crippen molar-refractivity contribution in [3.8, 4) is 0 Å². The van der Waals surface area contributed by atoms with Crippen molar-refractivity contribution in [1.82, 2.24) is 19.4 Å². The highest BCUT2D eigenvalue weighted by Crippen LogP contribution is 2.10. The summed E-state index contributed by atoms with van der Waals surface area (Å²) < 4.78 is 1.78. The number of carbonyl (C=O) groups excluding carboxylic acids is 1. The van der Waals surface area contributed by atoms with Crippen LogP contribution in [0.1, 0.15) is 24.3 Å². The van der Waals surface area contributed by atoms with Gasteiger partial charge < -0.3 is 14.6 Å². The van der Waals surface area contributed by atoms with E-state index in [1.807, 2.05) is 11.9 Å². The van der Waals surface area contributed by atoms with Gasteiger partial charge in [-0.3, -0.25) is 9.69 Å². The molecule has 0 spiro atoms. The number of β-amino-alcohol motifs (C(OH)–C–C–N with tert-alkyl or cyclic N) is 1. The Labute approximate surface area is 113 Å². The number of hydrogen-bond donors (Lipinski definition) is 1. The molecule has 1 aliphatic heterocycles. The second-order valence-electron chi connectivity index (χ2n) is 5.81. The van der Waals surface area contributed by atoms with Gasteiger partial charge in [-0.2, -0.15) is 0 Å². The molecule has 1 aromatic heterocycles. The minimum Gasteiger partial charge on any atom is -0.389 e. The van der Waals surface area contributed by atoms with Gasteiger partial charge in [0.1, 0.15) is 5.69 Å². The SMILES string of the molecule is Cn1cnc(C(=O)N2CCN(CC(C)(C)O)CC2)c1. The van der Waals surface area contributed by atoms with Crippen molar-refractivity contribution in [2.24, 2.45) is 7.05 Å². The molecule has 6 nitrogen and oxygen atoms in total. The Hall–Kier alpha value is -1.40. The third kappa shape index (κ3) is 3.78. The zero-order chi connectivity index (χ0) is 14.0. The van der Waals surface area contributed by atoms with Crippen LogP contribution in [-0.2, 0) is 7.05 Å². The molecule has 19 heavy (non-hydrogen) atoms. The van der Waals surface area contributed by atoms with Crippen molar-refractivity contribution in [3.63, 3.8) is 0 Å². The molecule has 1 fully saturated rings. The summed E-state index contributed by atoms with van der Waals surface area (Å²) in [4.78, 5) is 20.3. The largest absolute Gasteiger partial charge is 0.389 e. The number of carbonyl (C=O) groups is 1. The maximum atomic E-state index is 12.2. The lowest BCUT2D eigenvalue weighted by Crippen LogP contribution is -2.52. The van der Waals surface area contributed by atoms with Crippen molar-refractivity contribution in [2.75, 3.05) is 32.7 Å². The van der Waals surface area contributed by atoms with Gasteiger partial charge in [0.25, 0.3) is 5.91 Å². The number of nitrogens with zero attached hydrogens (tertiary/aromatic N) is 4. The molecule has 6 heteroatoms. The van der Waals surface area contributed by atoms with Gasteiger partial charge in [0.2, 0.25) is 0 Å². The average molecular weight is 266 g/mol. The van der Waals surface area contributed by atoms with E-state index in [-0.39, 0.29) is 5.91 Å². The van der Waals surface area contributed by atoms with E-state index in [2.05, 4.69) is 9.88 Å². The van der Waals surface area contributed by atoms with Gasteiger partial charge in [-0.25, -0.2) is 4.98 Å². The molecule has 0 bridgehead atoms. The minimum atomic E-state index is -0.687. The average Bonchev–Trinajstić information content (AvgIpc) is 2.74. The second kappa shape index (κ2) is 5.30. The zero-order valence-electron chi connectivity index (χ0n) is 11.8. The molecule has 0 atom stereocenters. The Kier molecular flexibility index (Phi) is 3.91. The summed E-state index contributed by atoms with van der Waals surface area (Å²) in [5.74, 6) is -0.0106. The van der Waals surface area contributed by atoms with Gasteiger partial charge in [-0.1, -0.05) is 0 Å². The van der Waals surface area contributed by atoms with E-state index in [1.165, 1.54) is 0 Å². The fourth-order valence-corrected chi connectivity index (χ4v) is 2.34. The summed E-state index contributed by atoms with van der Waals surface area (Å²) in [7, 11) is 1.85. The molecule has 0 saturated carbocycles. The first-order chi connectivity index (χ1) is 8.85. The summed E-state index contributed by atoms with van der Waals surface area (Å²) >= 11 is 0. The van der Waals surface area contributed by atoms with Gasteiger partial charge >= 0.3 is 0 Å². The molecule has 2 heterocycles. The molecule has 1 aromatic rings. The minimum absolute atomic E-state index is 0.0106. The van der Waals surface area contributed by atoms with Gasteiger partial charge in [0.05, 0.1) is 11.9 Å². The second-order valence-corrected chi connectivity index (χ2v) is 5.81. The standard InChI is InChI=1S/C13H22N4O2/c1-13(2,19)9-16-4-6-17(7-5-16)12(18)11-8-15(3)10-14-11/h8,10,19H,4-7,9H2,1-3H3. The monoisotopic (exact) mass is 266 g/mol. The first-order valence-electron chi connectivity index (χ1n) is 6.57. The number of hydrogen-bond acceptors (Lipinski definition) is 4. The quantitative estimate of drug-likeness (QED) is 0.833. The van der Waals surface area contributed by atoms with Crippen LogP contribution in [0.3, 0.4) is 0 Å². The molecule has 0 aromatic carbocycles. The molecule has 2 rings (SSSR count). The number of aryl methyl sites for hydroxylation is 1. The maximum Gasteiger partial charge on any atom is 0.274 e. The van der Waals surface area contributed by atoms with E-state index >= 15 is 0 Å². The number of piperazine rings is 1. The predicted octanol–water partition coefficient (Wildman–Crippen LogP) is -0.0512. The third-order valence-corrected chi connectivity index (χ3v) is 3.19. The molecular weight excluding hydrogens is 244 g/mol. The summed E-state index contributed by atoms with van der Waals surface area (Å²) in [5, 5.41) is 9.79. The summed E-state index contributed by atoms with van der Waals surface area (Å²) in [6.45, 7) is 7.21. The van der Waals surface area contributed by atoms with Crippen LogP contribution in [0.15, 0.2) is 12.5 Å². The Bertz CT molecular complexity index is 442. The molecular formula is C13H22N4O2. The highest BCUT2D eigenvalue weighted by molar-refractivity contribution is 5.92. The lowest BCUT2D eigenvalue weighted by atomic mass is 10.1. The molecule has 106 valence electrons. The molecule has 1 amide bonds. The molecule has 1 aliphatic rings. The summed E-state index contributed by atoms with van der Waals surface area (Å²) in [6.07, 6.45) is 3.38. The van der Waals surface area contributed by atoms with Crippen LogP contribution in [0, 0.1) is 0 Å². The number of rotatable bonds is 3. The molecule has 0 aliphatic carbocycles. The number of aromatic nitrogens is 2. The van der Waals surface area contributed by atoms with Crippen molar-refractivity contribution in [2.45, 2.75) is 19.4 Å². The van der Waals surface area contributed by atoms with Crippen molar-refractivity contribution < 1.29 is 9.90 Å². The maximum absolute atomic E-state index is 12.2. The smallest absolute Gasteiger partial charge is 0.274 e. The van der Waals surface area contributed by atoms with Crippen molar-refractivity contribution in [3.05, 3.63) is 18.2 Å². The highest BCUT2D eigenvalue weighted by atomic mass is 16.3. The van der Waals surface area contributed by atoms with Gasteiger partial charge in [0, 0.05) is 46.0 Å². The van der Waals surface area contributed by atoms with E-state index in [1.54, 1.807) is 30.9 Å². The van der Waals surface area contributed by atoms with Crippen LogP contribution >= 0.6 is 0 Å². The lowest BCUT2D eigenvalue weighted by Gasteiger charge is -2.37. The van der Waals surface area contributed by atoms with Crippen LogP contribution in [0.2, 0.25) is 0 Å². The molecule has 1 saturated heterocycles. The van der Waals surface area contributed by atoms with Crippen LogP contribution in [0.25, 0.3) is 0 Å². The fraction of sp³-hybridized carbons (Fsp3) is 0.692. The van der Waals surface area contributed by atoms with Crippen LogP contribution in [0.4, 0.5) is 0 Å². The fourth-order valence-electron chi connectivity index (χ4n) is 2.34. The Balaban J connectivity index is 1.88. The van der Waals surface area contributed by atoms with Gasteiger partial charge in [-0.15, -0.1) is 0 Å². The van der Waals surface area contributed by atoms with E-state index in [4.69, 9.17) is 0 Å². The van der Waals surface area contributed by atoms with Gasteiger partial charge in [0.15, 0.2) is 0 Å². The third-order valence-electron chi connectivity index (χ3n) is 3.19. The summed E-state index contributed by atoms with van der Waals surface area (Å²) in [6, 6.07) is 0. The topological polar surface area (TPSA) is 61.6 Å². The van der Waals surface area contributed by atoms with Crippen LogP contribution < -0.4 is 0 Å². The predicted molar refractivity (Wildman–Crippen MR) is 71.8 cm³/mol. The lowest BCUT2D eigenvalue weighted by molar-refractivity contribution is 0.0177. The number of imidazole rings is 1. The Morgan fingerprint density at radius 3 is 2.47 bits per heavy atom. The zero-order valence-corrected chi connectivity index (χ0v) is 11.8. The number of aliphatic hydroxyl groups is 1. The van der Waals surface area contributed by atoms with E-state index < -0.39 is 5.60 Å². The normalized spacial score (nSPS) is 17.8. The highest BCUT2D eigenvalue weighted by Gasteiger charge is 2.26.